The summed E-state index contributed by atoms with van der Waals surface area (Å²) in [5, 5.41) is 7.45. The van der Waals surface area contributed by atoms with Gasteiger partial charge in [0.2, 0.25) is 0 Å². The van der Waals surface area contributed by atoms with Crippen molar-refractivity contribution in [1.29, 1.82) is 0 Å². The van der Waals surface area contributed by atoms with Crippen LogP contribution in [0.2, 0.25) is 5.02 Å². The van der Waals surface area contributed by atoms with E-state index in [-0.39, 0.29) is 12.2 Å². The molecular formula is C20H19ClN4O3. The molecule has 0 radical (unpaired) electrons. The van der Waals surface area contributed by atoms with E-state index in [0.29, 0.717) is 27.7 Å². The molecule has 0 fully saturated rings. The number of H-pyrrole nitrogens is 1. The fourth-order valence-corrected chi connectivity index (χ4v) is 2.82. The monoisotopic (exact) mass is 398 g/mol. The maximum absolute atomic E-state index is 12.5. The van der Waals surface area contributed by atoms with Crippen molar-refractivity contribution in [3.8, 4) is 11.4 Å². The zero-order valence-corrected chi connectivity index (χ0v) is 16.2. The Morgan fingerprint density at radius 3 is 2.71 bits per heavy atom. The predicted molar refractivity (Wildman–Crippen MR) is 109 cm³/mol. The Morgan fingerprint density at radius 2 is 2.00 bits per heavy atom. The van der Waals surface area contributed by atoms with Crippen LogP contribution in [0.4, 0.5) is 0 Å². The van der Waals surface area contributed by atoms with E-state index in [0.717, 1.165) is 5.56 Å². The number of hydrogen-bond acceptors (Lipinski definition) is 4. The molecule has 0 bridgehead atoms. The Morgan fingerprint density at radius 1 is 1.25 bits per heavy atom. The Labute approximate surface area is 166 Å². The van der Waals surface area contributed by atoms with Gasteiger partial charge in [-0.15, -0.1) is 0 Å². The molecular weight excluding hydrogens is 380 g/mol. The standard InChI is InChI=1S/C20H19ClN4O3/c1-13-10-15(21)8-9-18(13)28-12-19(26)23-22-11-17-14(2)24-25(20(17)27)16-6-4-3-5-7-16/h3-11,24H,12H2,1-2H3,(H,23,26)/b22-11+. The van der Waals surface area contributed by atoms with E-state index >= 15 is 0 Å². The van der Waals surface area contributed by atoms with E-state index in [2.05, 4.69) is 15.6 Å². The van der Waals surface area contributed by atoms with Crippen molar-refractivity contribution in [2.75, 3.05) is 6.61 Å². The van der Waals surface area contributed by atoms with Crippen LogP contribution in [0.5, 0.6) is 5.75 Å². The molecule has 3 rings (SSSR count). The minimum Gasteiger partial charge on any atom is -0.483 e. The molecule has 0 aliphatic heterocycles. The highest BCUT2D eigenvalue weighted by Gasteiger charge is 2.10. The van der Waals surface area contributed by atoms with Gasteiger partial charge in [-0.2, -0.15) is 5.10 Å². The highest BCUT2D eigenvalue weighted by molar-refractivity contribution is 6.30. The number of ether oxygens (including phenoxy) is 1. The van der Waals surface area contributed by atoms with E-state index in [4.69, 9.17) is 16.3 Å². The Balaban J connectivity index is 1.62. The highest BCUT2D eigenvalue weighted by Crippen LogP contribution is 2.21. The summed E-state index contributed by atoms with van der Waals surface area (Å²) in [5.41, 5.74) is 4.64. The molecule has 0 aliphatic carbocycles. The number of hydrazone groups is 1. The molecule has 0 atom stereocenters. The van der Waals surface area contributed by atoms with Crippen LogP contribution < -0.4 is 15.7 Å². The average Bonchev–Trinajstić information content (AvgIpc) is 2.96. The average molecular weight is 399 g/mol. The topological polar surface area (TPSA) is 88.5 Å². The molecule has 2 N–H and O–H groups in total. The van der Waals surface area contributed by atoms with Gasteiger partial charge in [0.1, 0.15) is 5.75 Å². The summed E-state index contributed by atoms with van der Waals surface area (Å²) < 4.78 is 6.87. The Kier molecular flexibility index (Phi) is 5.96. The molecule has 7 nitrogen and oxygen atoms in total. The summed E-state index contributed by atoms with van der Waals surface area (Å²) in [6.45, 7) is 3.39. The van der Waals surface area contributed by atoms with Crippen LogP contribution in [-0.4, -0.2) is 28.5 Å². The van der Waals surface area contributed by atoms with Gasteiger partial charge in [0.25, 0.3) is 11.5 Å². The van der Waals surface area contributed by atoms with E-state index in [9.17, 15) is 9.59 Å². The van der Waals surface area contributed by atoms with Crippen molar-refractivity contribution in [3.63, 3.8) is 0 Å². The normalized spacial score (nSPS) is 11.0. The zero-order valence-electron chi connectivity index (χ0n) is 15.4. The van der Waals surface area contributed by atoms with Gasteiger partial charge < -0.3 is 4.74 Å². The van der Waals surface area contributed by atoms with Gasteiger partial charge in [0.05, 0.1) is 17.5 Å². The van der Waals surface area contributed by atoms with Gasteiger partial charge in [-0.25, -0.2) is 10.1 Å². The first-order chi connectivity index (χ1) is 13.5. The second-order valence-corrected chi connectivity index (χ2v) is 6.55. The number of hydrogen-bond donors (Lipinski definition) is 2. The van der Waals surface area contributed by atoms with Crippen molar-refractivity contribution >= 4 is 23.7 Å². The van der Waals surface area contributed by atoms with E-state index < -0.39 is 5.91 Å². The first kappa shape index (κ1) is 19.4. The van der Waals surface area contributed by atoms with Crippen LogP contribution >= 0.6 is 11.6 Å². The second-order valence-electron chi connectivity index (χ2n) is 6.12. The number of nitrogens with zero attached hydrogens (tertiary/aromatic N) is 2. The lowest BCUT2D eigenvalue weighted by Gasteiger charge is -2.08. The maximum atomic E-state index is 12.5. The fourth-order valence-electron chi connectivity index (χ4n) is 2.59. The summed E-state index contributed by atoms with van der Waals surface area (Å²) in [7, 11) is 0. The Bertz CT molecular complexity index is 1070. The highest BCUT2D eigenvalue weighted by atomic mass is 35.5. The van der Waals surface area contributed by atoms with Gasteiger partial charge in [0, 0.05) is 10.7 Å². The van der Waals surface area contributed by atoms with Crippen LogP contribution in [0, 0.1) is 13.8 Å². The summed E-state index contributed by atoms with van der Waals surface area (Å²) in [4.78, 5) is 24.4. The van der Waals surface area contributed by atoms with Crippen molar-refractivity contribution in [1.82, 2.24) is 15.2 Å². The quantitative estimate of drug-likeness (QED) is 0.494. The number of amides is 1. The molecule has 1 heterocycles. The number of carbonyl (C=O) groups is 1. The van der Waals surface area contributed by atoms with Gasteiger partial charge >= 0.3 is 0 Å². The van der Waals surface area contributed by atoms with Crippen LogP contribution in [0.15, 0.2) is 58.4 Å². The summed E-state index contributed by atoms with van der Waals surface area (Å²) in [5.74, 6) is 0.123. The molecule has 1 aromatic heterocycles. The molecule has 2 aromatic carbocycles. The number of carbonyl (C=O) groups excluding carboxylic acids is 1. The van der Waals surface area contributed by atoms with Gasteiger partial charge in [-0.1, -0.05) is 29.8 Å². The fraction of sp³-hybridized carbons (Fsp3) is 0.150. The molecule has 0 spiro atoms. The number of halogens is 1. The SMILES string of the molecule is Cc1cc(Cl)ccc1OCC(=O)N/N=C/c1c(C)[nH]n(-c2ccccc2)c1=O. The third-order valence-corrected chi connectivity index (χ3v) is 4.25. The lowest BCUT2D eigenvalue weighted by Crippen LogP contribution is -2.25. The van der Waals surface area contributed by atoms with Crippen molar-refractivity contribution < 1.29 is 9.53 Å². The van der Waals surface area contributed by atoms with Crippen LogP contribution in [0.1, 0.15) is 16.8 Å². The second kappa shape index (κ2) is 8.58. The van der Waals surface area contributed by atoms with Crippen molar-refractivity contribution in [3.05, 3.63) is 80.7 Å². The lowest BCUT2D eigenvalue weighted by atomic mass is 10.2. The molecule has 1 amide bonds. The number of aromatic amines is 1. The molecule has 0 aliphatic rings. The predicted octanol–water partition coefficient (Wildman–Crippen LogP) is 2.96. The molecule has 3 aromatic rings. The zero-order chi connectivity index (χ0) is 20.1. The minimum absolute atomic E-state index is 0.208. The first-order valence-corrected chi connectivity index (χ1v) is 8.91. The number of rotatable bonds is 6. The molecule has 8 heteroatoms. The maximum Gasteiger partial charge on any atom is 0.280 e. The lowest BCUT2D eigenvalue weighted by molar-refractivity contribution is -0.123. The number of aryl methyl sites for hydroxylation is 2. The van der Waals surface area contributed by atoms with E-state index in [1.54, 1.807) is 25.1 Å². The number of nitrogens with one attached hydrogen (secondary N) is 2. The molecule has 0 saturated carbocycles. The molecule has 28 heavy (non-hydrogen) atoms. The van der Waals surface area contributed by atoms with Gasteiger partial charge in [-0.05, 0) is 49.7 Å². The third-order valence-electron chi connectivity index (χ3n) is 4.01. The number of benzene rings is 2. The largest absolute Gasteiger partial charge is 0.483 e. The van der Waals surface area contributed by atoms with E-state index in [1.807, 2.05) is 37.3 Å². The molecule has 0 unspecified atom stereocenters. The van der Waals surface area contributed by atoms with Gasteiger partial charge in [0.15, 0.2) is 6.61 Å². The third kappa shape index (κ3) is 4.50. The summed E-state index contributed by atoms with van der Waals surface area (Å²) in [6.07, 6.45) is 1.32. The minimum atomic E-state index is -0.442. The van der Waals surface area contributed by atoms with Crippen molar-refractivity contribution in [2.24, 2.45) is 5.10 Å². The summed E-state index contributed by atoms with van der Waals surface area (Å²) >= 11 is 5.89. The summed E-state index contributed by atoms with van der Waals surface area (Å²) in [6, 6.07) is 14.3. The molecule has 144 valence electrons. The van der Waals surface area contributed by atoms with Crippen LogP contribution in [0.25, 0.3) is 5.69 Å². The van der Waals surface area contributed by atoms with Crippen LogP contribution in [-0.2, 0) is 4.79 Å². The smallest absolute Gasteiger partial charge is 0.280 e. The number of aromatic nitrogens is 2. The van der Waals surface area contributed by atoms with Crippen LogP contribution in [0.3, 0.4) is 0 Å². The Hall–Kier alpha value is -3.32. The van der Waals surface area contributed by atoms with Crippen molar-refractivity contribution in [2.45, 2.75) is 13.8 Å². The van der Waals surface area contributed by atoms with Gasteiger partial charge in [-0.3, -0.25) is 14.7 Å². The molecule has 0 saturated heterocycles. The van der Waals surface area contributed by atoms with E-state index in [1.165, 1.54) is 10.9 Å². The first-order valence-electron chi connectivity index (χ1n) is 8.53. The number of para-hydroxylation sites is 1.